The maximum atomic E-state index is 13.1. The molecule has 2 aromatic rings. The summed E-state index contributed by atoms with van der Waals surface area (Å²) >= 11 is 5.52. The standard InChI is InChI=1S/C26H32N4O3S/c1-5-7-16-28-23(31)22(24(32)29(26(28)34)17-8-6-2)11-9-10-21-19(4)27-30(25(21)33)20-14-12-18(3)13-15-20/h9-15,31H,5-8,16-17H2,1-4H3. The second kappa shape index (κ2) is 11.2. The van der Waals surface area contributed by atoms with Crippen LogP contribution in [0.2, 0.25) is 0 Å². The molecule has 3 rings (SSSR count). The molecule has 0 aliphatic carbocycles. The van der Waals surface area contributed by atoms with Gasteiger partial charge in [0.2, 0.25) is 5.88 Å². The topological polar surface area (TPSA) is 79.8 Å². The molecular formula is C26H32N4O3S. The van der Waals surface area contributed by atoms with Crippen LogP contribution in [0.25, 0.3) is 6.08 Å². The highest BCUT2D eigenvalue weighted by Gasteiger charge is 2.28. The molecule has 0 spiro atoms. The Hall–Kier alpha value is -3.26. The maximum Gasteiger partial charge on any atom is 0.280 e. The number of allylic oxidation sites excluding steroid dienone is 2. The zero-order chi connectivity index (χ0) is 24.8. The number of anilines is 1. The summed E-state index contributed by atoms with van der Waals surface area (Å²) in [5.74, 6) is -0.384. The molecule has 0 atom stereocenters. The molecule has 1 amide bonds. The second-order valence-corrected chi connectivity index (χ2v) is 8.78. The van der Waals surface area contributed by atoms with Crippen molar-refractivity contribution in [2.24, 2.45) is 5.10 Å². The van der Waals surface area contributed by atoms with E-state index in [1.807, 2.05) is 31.2 Å². The molecule has 1 aliphatic rings. The molecule has 34 heavy (non-hydrogen) atoms. The van der Waals surface area contributed by atoms with E-state index in [9.17, 15) is 14.7 Å². The lowest BCUT2D eigenvalue weighted by Gasteiger charge is -2.16. The number of hydrogen-bond acceptors (Lipinski definition) is 5. The molecule has 1 aromatic carbocycles. The summed E-state index contributed by atoms with van der Waals surface area (Å²) in [4.78, 5) is 26.1. The molecule has 0 bridgehead atoms. The van der Waals surface area contributed by atoms with Crippen molar-refractivity contribution >= 4 is 35.6 Å². The number of nitrogens with zero attached hydrogens (tertiary/aromatic N) is 4. The smallest absolute Gasteiger partial charge is 0.280 e. The van der Waals surface area contributed by atoms with E-state index < -0.39 is 0 Å². The van der Waals surface area contributed by atoms with Gasteiger partial charge in [0.15, 0.2) is 4.77 Å². The minimum Gasteiger partial charge on any atom is -0.494 e. The molecule has 1 N–H and O–H groups in total. The molecule has 2 heterocycles. The van der Waals surface area contributed by atoms with Gasteiger partial charge in [-0.2, -0.15) is 10.1 Å². The van der Waals surface area contributed by atoms with Gasteiger partial charge in [-0.25, -0.2) is 0 Å². The Morgan fingerprint density at radius 2 is 1.62 bits per heavy atom. The predicted molar refractivity (Wildman–Crippen MR) is 140 cm³/mol. The van der Waals surface area contributed by atoms with Gasteiger partial charge in [0.05, 0.1) is 17.0 Å². The van der Waals surface area contributed by atoms with Crippen LogP contribution in [0.1, 0.15) is 57.6 Å². The number of hydrogen-bond donors (Lipinski definition) is 1. The number of aromatic hydroxyl groups is 1. The summed E-state index contributed by atoms with van der Waals surface area (Å²) in [5.41, 5.74) is 2.63. The van der Waals surface area contributed by atoms with E-state index in [1.165, 1.54) is 5.01 Å². The number of hydrazone groups is 1. The van der Waals surface area contributed by atoms with Gasteiger partial charge in [0.1, 0.15) is 5.56 Å². The lowest BCUT2D eigenvalue weighted by molar-refractivity contribution is -0.114. The Kier molecular flexibility index (Phi) is 8.39. The first-order valence-electron chi connectivity index (χ1n) is 11.7. The molecule has 0 unspecified atom stereocenters. The van der Waals surface area contributed by atoms with Gasteiger partial charge in [-0.05, 0) is 63.2 Å². The maximum absolute atomic E-state index is 13.1. The summed E-state index contributed by atoms with van der Waals surface area (Å²) < 4.78 is 3.51. The first kappa shape index (κ1) is 25.4. The Morgan fingerprint density at radius 3 is 2.24 bits per heavy atom. The van der Waals surface area contributed by atoms with Gasteiger partial charge >= 0.3 is 0 Å². The van der Waals surface area contributed by atoms with E-state index in [0.717, 1.165) is 31.2 Å². The number of aryl methyl sites for hydroxylation is 1. The van der Waals surface area contributed by atoms with Gasteiger partial charge in [-0.3, -0.25) is 18.7 Å². The quantitative estimate of drug-likeness (QED) is 0.387. The van der Waals surface area contributed by atoms with Gasteiger partial charge in [-0.1, -0.05) is 50.5 Å². The summed E-state index contributed by atoms with van der Waals surface area (Å²) in [6.45, 7) is 8.89. The fourth-order valence-corrected chi connectivity index (χ4v) is 4.05. The highest BCUT2D eigenvalue weighted by atomic mass is 32.1. The highest BCUT2D eigenvalue weighted by Crippen LogP contribution is 2.24. The van der Waals surface area contributed by atoms with Crippen molar-refractivity contribution in [2.45, 2.75) is 66.5 Å². The van der Waals surface area contributed by atoms with Crippen molar-refractivity contribution in [2.75, 3.05) is 5.01 Å². The highest BCUT2D eigenvalue weighted by molar-refractivity contribution is 7.71. The molecule has 1 aromatic heterocycles. The Morgan fingerprint density at radius 1 is 1.00 bits per heavy atom. The van der Waals surface area contributed by atoms with E-state index in [4.69, 9.17) is 12.2 Å². The summed E-state index contributed by atoms with van der Waals surface area (Å²) in [7, 11) is 0. The van der Waals surface area contributed by atoms with Crippen LogP contribution < -0.4 is 10.6 Å². The van der Waals surface area contributed by atoms with Crippen LogP contribution in [0.4, 0.5) is 5.69 Å². The third kappa shape index (κ3) is 5.28. The number of aromatic nitrogens is 2. The Bertz CT molecular complexity index is 1270. The van der Waals surface area contributed by atoms with E-state index in [2.05, 4.69) is 18.9 Å². The van der Waals surface area contributed by atoms with Crippen molar-refractivity contribution in [1.82, 2.24) is 9.13 Å². The minimum atomic E-state index is -0.331. The van der Waals surface area contributed by atoms with Gasteiger partial charge in [-0.15, -0.1) is 0 Å². The fourth-order valence-electron chi connectivity index (χ4n) is 3.70. The first-order valence-corrected chi connectivity index (χ1v) is 12.1. The van der Waals surface area contributed by atoms with Crippen LogP contribution in [0, 0.1) is 11.7 Å². The molecule has 0 fully saturated rings. The molecule has 0 saturated heterocycles. The Labute approximate surface area is 205 Å². The van der Waals surface area contributed by atoms with Gasteiger partial charge in [0.25, 0.3) is 11.5 Å². The van der Waals surface area contributed by atoms with Crippen molar-refractivity contribution in [3.63, 3.8) is 0 Å². The normalized spacial score (nSPS) is 15.1. The van der Waals surface area contributed by atoms with Crippen LogP contribution in [-0.4, -0.2) is 25.9 Å². The second-order valence-electron chi connectivity index (χ2n) is 8.41. The summed E-state index contributed by atoms with van der Waals surface area (Å²) in [5, 5.41) is 16.6. The predicted octanol–water partition coefficient (Wildman–Crippen LogP) is 5.36. The fraction of sp³-hybridized carbons (Fsp3) is 0.385. The summed E-state index contributed by atoms with van der Waals surface area (Å²) in [6, 6.07) is 7.56. The van der Waals surface area contributed by atoms with E-state index in [0.29, 0.717) is 34.8 Å². The van der Waals surface area contributed by atoms with Crippen molar-refractivity contribution < 1.29 is 9.90 Å². The lowest BCUT2D eigenvalue weighted by Crippen LogP contribution is -2.27. The van der Waals surface area contributed by atoms with Crippen LogP contribution >= 0.6 is 12.2 Å². The van der Waals surface area contributed by atoms with Crippen LogP contribution in [0.3, 0.4) is 0 Å². The number of amides is 1. The van der Waals surface area contributed by atoms with E-state index in [1.54, 1.807) is 34.3 Å². The van der Waals surface area contributed by atoms with Crippen LogP contribution in [0.15, 0.2) is 51.9 Å². The molecule has 180 valence electrons. The number of benzene rings is 1. The SMILES string of the molecule is CCCCn1c(O)c(C=CC=C2C(=O)N(c3ccc(C)cc3)N=C2C)c(=O)n(CCCC)c1=S. The molecule has 1 aliphatic heterocycles. The minimum absolute atomic E-state index is 0.143. The number of rotatable bonds is 9. The number of carbonyl (C=O) groups is 1. The van der Waals surface area contributed by atoms with Crippen molar-refractivity contribution in [1.29, 1.82) is 0 Å². The molecular weight excluding hydrogens is 448 g/mol. The van der Waals surface area contributed by atoms with Crippen LogP contribution in [0.5, 0.6) is 5.88 Å². The number of unbranched alkanes of at least 4 members (excludes halogenated alkanes) is 2. The molecule has 7 nitrogen and oxygen atoms in total. The van der Waals surface area contributed by atoms with Crippen molar-refractivity contribution in [3.05, 3.63) is 68.2 Å². The average Bonchev–Trinajstić information content (AvgIpc) is 3.10. The monoisotopic (exact) mass is 480 g/mol. The zero-order valence-corrected chi connectivity index (χ0v) is 21.1. The zero-order valence-electron chi connectivity index (χ0n) is 20.2. The lowest BCUT2D eigenvalue weighted by atomic mass is 10.1. The molecule has 8 heteroatoms. The van der Waals surface area contributed by atoms with Crippen LogP contribution in [-0.2, 0) is 17.9 Å². The van der Waals surface area contributed by atoms with Gasteiger partial charge in [0, 0.05) is 13.1 Å². The van der Waals surface area contributed by atoms with Gasteiger partial charge < -0.3 is 5.11 Å². The number of carbonyl (C=O) groups excluding carboxylic acids is 1. The average molecular weight is 481 g/mol. The molecule has 0 radical (unpaired) electrons. The third-order valence-corrected chi connectivity index (χ3v) is 6.21. The van der Waals surface area contributed by atoms with E-state index in [-0.39, 0.29) is 22.9 Å². The van der Waals surface area contributed by atoms with E-state index >= 15 is 0 Å². The first-order chi connectivity index (χ1) is 16.3. The molecule has 0 saturated carbocycles. The Balaban J connectivity index is 1.96. The third-order valence-electron chi connectivity index (χ3n) is 5.77. The summed E-state index contributed by atoms with van der Waals surface area (Å²) in [6.07, 6.45) is 8.28. The van der Waals surface area contributed by atoms with Crippen molar-refractivity contribution in [3.8, 4) is 5.88 Å². The largest absolute Gasteiger partial charge is 0.494 e.